The van der Waals surface area contributed by atoms with E-state index in [1.54, 1.807) is 6.07 Å². The van der Waals surface area contributed by atoms with Crippen LogP contribution in [0.1, 0.15) is 35.8 Å². The van der Waals surface area contributed by atoms with Gasteiger partial charge in [0, 0.05) is 24.7 Å². The second-order valence-corrected chi connectivity index (χ2v) is 6.60. The summed E-state index contributed by atoms with van der Waals surface area (Å²) in [5.41, 5.74) is 2.52. The number of hydrogen-bond acceptors (Lipinski definition) is 4. The molecule has 0 aliphatic rings. The fourth-order valence-corrected chi connectivity index (χ4v) is 2.82. The maximum atomic E-state index is 12.5. The molecule has 0 aliphatic carbocycles. The molecule has 2 N–H and O–H groups in total. The molecule has 1 amide bonds. The zero-order valence-electron chi connectivity index (χ0n) is 16.2. The van der Waals surface area contributed by atoms with Crippen LogP contribution < -0.4 is 10.6 Å². The summed E-state index contributed by atoms with van der Waals surface area (Å²) in [5.74, 6) is 1.04. The minimum absolute atomic E-state index is 0.167. The largest absolute Gasteiger partial charge is 0.370 e. The van der Waals surface area contributed by atoms with Gasteiger partial charge in [0.15, 0.2) is 5.82 Å². The molecule has 144 valence electrons. The summed E-state index contributed by atoms with van der Waals surface area (Å²) < 4.78 is 0. The van der Waals surface area contributed by atoms with Crippen LogP contribution in [0.15, 0.2) is 66.7 Å². The third kappa shape index (κ3) is 5.64. The molecule has 1 heterocycles. The van der Waals surface area contributed by atoms with E-state index in [1.165, 1.54) is 5.56 Å². The zero-order valence-corrected chi connectivity index (χ0v) is 16.2. The van der Waals surface area contributed by atoms with Crippen molar-refractivity contribution in [3.63, 3.8) is 0 Å². The summed E-state index contributed by atoms with van der Waals surface area (Å²) >= 11 is 0. The van der Waals surface area contributed by atoms with Crippen LogP contribution in [0, 0.1) is 0 Å². The Morgan fingerprint density at radius 2 is 1.64 bits per heavy atom. The van der Waals surface area contributed by atoms with Gasteiger partial charge in [-0.2, -0.15) is 0 Å². The summed E-state index contributed by atoms with van der Waals surface area (Å²) in [7, 11) is 0. The average Bonchev–Trinajstić information content (AvgIpc) is 2.75. The summed E-state index contributed by atoms with van der Waals surface area (Å²) in [5, 5.41) is 6.27. The van der Waals surface area contributed by atoms with Crippen molar-refractivity contribution in [3.05, 3.63) is 78.0 Å². The molecule has 5 heteroatoms. The van der Waals surface area contributed by atoms with Crippen molar-refractivity contribution in [2.45, 2.75) is 26.2 Å². The average molecular weight is 374 g/mol. The Morgan fingerprint density at radius 3 is 2.36 bits per heavy atom. The van der Waals surface area contributed by atoms with Gasteiger partial charge in [-0.15, -0.1) is 0 Å². The Bertz CT molecular complexity index is 882. The predicted molar refractivity (Wildman–Crippen MR) is 113 cm³/mol. The first-order valence-corrected chi connectivity index (χ1v) is 9.77. The molecule has 28 heavy (non-hydrogen) atoms. The van der Waals surface area contributed by atoms with Gasteiger partial charge in [0.25, 0.3) is 5.91 Å². The van der Waals surface area contributed by atoms with Crippen LogP contribution in [0.4, 0.5) is 5.82 Å². The van der Waals surface area contributed by atoms with Gasteiger partial charge in [-0.1, -0.05) is 74.0 Å². The van der Waals surface area contributed by atoms with Crippen molar-refractivity contribution in [1.29, 1.82) is 0 Å². The number of carbonyl (C=O) groups excluding carboxylic acids is 1. The van der Waals surface area contributed by atoms with Gasteiger partial charge >= 0.3 is 0 Å². The molecule has 0 radical (unpaired) electrons. The molecule has 0 spiro atoms. The van der Waals surface area contributed by atoms with Crippen LogP contribution in [0.3, 0.4) is 0 Å². The van der Waals surface area contributed by atoms with Gasteiger partial charge < -0.3 is 10.6 Å². The maximum Gasteiger partial charge on any atom is 0.270 e. The second-order valence-electron chi connectivity index (χ2n) is 6.60. The van der Waals surface area contributed by atoms with Crippen LogP contribution in [0.25, 0.3) is 11.4 Å². The number of rotatable bonds is 9. The Labute approximate surface area is 166 Å². The molecule has 0 saturated heterocycles. The summed E-state index contributed by atoms with van der Waals surface area (Å²) in [6.45, 7) is 3.47. The molecular formula is C23H26N4O. The summed E-state index contributed by atoms with van der Waals surface area (Å²) in [6.07, 6.45) is 2.86. The SMILES string of the molecule is CCCCNC(=O)c1cc(NCCc2ccccc2)nc(-c2ccccc2)n1. The highest BCUT2D eigenvalue weighted by atomic mass is 16.1. The van der Waals surface area contributed by atoms with Gasteiger partial charge in [-0.3, -0.25) is 4.79 Å². The monoisotopic (exact) mass is 374 g/mol. The van der Waals surface area contributed by atoms with Gasteiger partial charge in [0.1, 0.15) is 11.5 Å². The van der Waals surface area contributed by atoms with Crippen molar-refractivity contribution in [2.75, 3.05) is 18.4 Å². The highest BCUT2D eigenvalue weighted by Gasteiger charge is 2.12. The minimum Gasteiger partial charge on any atom is -0.370 e. The molecule has 1 aromatic heterocycles. The van der Waals surface area contributed by atoms with E-state index < -0.39 is 0 Å². The number of benzene rings is 2. The lowest BCUT2D eigenvalue weighted by molar-refractivity contribution is 0.0948. The van der Waals surface area contributed by atoms with E-state index in [0.29, 0.717) is 23.9 Å². The van der Waals surface area contributed by atoms with Gasteiger partial charge in [0.2, 0.25) is 0 Å². The Balaban J connectivity index is 1.77. The molecule has 3 aromatic rings. The number of hydrogen-bond donors (Lipinski definition) is 2. The molecule has 5 nitrogen and oxygen atoms in total. The lowest BCUT2D eigenvalue weighted by atomic mass is 10.1. The summed E-state index contributed by atoms with van der Waals surface area (Å²) in [6, 6.07) is 21.7. The van der Waals surface area contributed by atoms with Crippen LogP contribution in [-0.2, 0) is 6.42 Å². The first-order chi connectivity index (χ1) is 13.8. The highest BCUT2D eigenvalue weighted by molar-refractivity contribution is 5.93. The Kier molecular flexibility index (Phi) is 7.13. The molecule has 0 unspecified atom stereocenters. The number of nitrogens with one attached hydrogen (secondary N) is 2. The van der Waals surface area contributed by atoms with Gasteiger partial charge in [0.05, 0.1) is 0 Å². The van der Waals surface area contributed by atoms with Gasteiger partial charge in [-0.25, -0.2) is 9.97 Å². The van der Waals surface area contributed by atoms with Crippen molar-refractivity contribution in [2.24, 2.45) is 0 Å². The lowest BCUT2D eigenvalue weighted by Gasteiger charge is -2.11. The highest BCUT2D eigenvalue weighted by Crippen LogP contribution is 2.18. The van der Waals surface area contributed by atoms with E-state index in [1.807, 2.05) is 48.5 Å². The summed E-state index contributed by atoms with van der Waals surface area (Å²) in [4.78, 5) is 21.6. The number of unbranched alkanes of at least 4 members (excludes halogenated alkanes) is 1. The lowest BCUT2D eigenvalue weighted by Crippen LogP contribution is -2.26. The molecule has 0 fully saturated rings. The number of aromatic nitrogens is 2. The van der Waals surface area contributed by atoms with Crippen molar-refractivity contribution in [3.8, 4) is 11.4 Å². The predicted octanol–water partition coefficient (Wildman–Crippen LogP) is 4.33. The quantitative estimate of drug-likeness (QED) is 0.547. The van der Waals surface area contributed by atoms with Gasteiger partial charge in [-0.05, 0) is 18.4 Å². The first-order valence-electron chi connectivity index (χ1n) is 9.77. The number of anilines is 1. The van der Waals surface area contributed by atoms with Crippen LogP contribution >= 0.6 is 0 Å². The zero-order chi connectivity index (χ0) is 19.6. The normalized spacial score (nSPS) is 10.5. The van der Waals surface area contributed by atoms with E-state index in [-0.39, 0.29) is 5.91 Å². The molecule has 0 atom stereocenters. The van der Waals surface area contributed by atoms with Crippen LogP contribution in [-0.4, -0.2) is 29.0 Å². The molecule has 3 rings (SSSR count). The maximum absolute atomic E-state index is 12.5. The van der Waals surface area contributed by atoms with Crippen molar-refractivity contribution in [1.82, 2.24) is 15.3 Å². The molecule has 2 aromatic carbocycles. The van der Waals surface area contributed by atoms with Crippen LogP contribution in [0.5, 0.6) is 0 Å². The van der Waals surface area contributed by atoms with Crippen molar-refractivity contribution >= 4 is 11.7 Å². The van der Waals surface area contributed by atoms with E-state index in [0.717, 1.165) is 31.4 Å². The Hall–Kier alpha value is -3.21. The van der Waals surface area contributed by atoms with E-state index >= 15 is 0 Å². The standard InChI is InChI=1S/C23H26N4O/c1-2-3-15-25-23(28)20-17-21(24-16-14-18-10-6-4-7-11-18)27-22(26-20)19-12-8-5-9-13-19/h4-13,17H,2-3,14-16H2,1H3,(H,25,28)(H,24,26,27). The topological polar surface area (TPSA) is 66.9 Å². The second kappa shape index (κ2) is 10.2. The number of amides is 1. The molecule has 0 bridgehead atoms. The number of nitrogens with zero attached hydrogens (tertiary/aromatic N) is 2. The van der Waals surface area contributed by atoms with Crippen LogP contribution in [0.2, 0.25) is 0 Å². The Morgan fingerprint density at radius 1 is 0.929 bits per heavy atom. The van der Waals surface area contributed by atoms with Crippen molar-refractivity contribution < 1.29 is 4.79 Å². The first kappa shape index (κ1) is 19.5. The molecule has 0 aliphatic heterocycles. The fourth-order valence-electron chi connectivity index (χ4n) is 2.82. The van der Waals surface area contributed by atoms with E-state index in [4.69, 9.17) is 0 Å². The third-order valence-corrected chi connectivity index (χ3v) is 4.37. The molecular weight excluding hydrogens is 348 g/mol. The third-order valence-electron chi connectivity index (χ3n) is 4.37. The minimum atomic E-state index is -0.167. The van der Waals surface area contributed by atoms with E-state index in [2.05, 4.69) is 39.7 Å². The number of carbonyl (C=O) groups is 1. The molecule has 0 saturated carbocycles. The van der Waals surface area contributed by atoms with E-state index in [9.17, 15) is 4.79 Å². The smallest absolute Gasteiger partial charge is 0.270 e. The fraction of sp³-hybridized carbons (Fsp3) is 0.261.